The van der Waals surface area contributed by atoms with Crippen molar-refractivity contribution < 1.29 is 0 Å². The minimum atomic E-state index is 0.171. The highest BCUT2D eigenvalue weighted by Gasteiger charge is 2.40. The summed E-state index contributed by atoms with van der Waals surface area (Å²) in [6.45, 7) is 4.66. The van der Waals surface area contributed by atoms with E-state index >= 15 is 0 Å². The number of benzene rings is 1. The van der Waals surface area contributed by atoms with E-state index in [1.54, 1.807) is 0 Å². The molecule has 0 spiro atoms. The van der Waals surface area contributed by atoms with E-state index < -0.39 is 0 Å². The van der Waals surface area contributed by atoms with Gasteiger partial charge in [0, 0.05) is 30.9 Å². The molecule has 0 amide bonds. The lowest BCUT2D eigenvalue weighted by molar-refractivity contribution is 0.346. The zero-order chi connectivity index (χ0) is 15.0. The normalized spacial score (nSPS) is 19.1. The summed E-state index contributed by atoms with van der Waals surface area (Å²) in [6, 6.07) is 10.8. The average molecular weight is 296 g/mol. The number of thiocarbonyl (C=S) groups is 1. The third-order valence-electron chi connectivity index (χ3n) is 4.43. The van der Waals surface area contributed by atoms with Crippen LogP contribution in [0.3, 0.4) is 0 Å². The van der Waals surface area contributed by atoms with Crippen LogP contribution in [0.15, 0.2) is 42.7 Å². The van der Waals surface area contributed by atoms with E-state index in [1.165, 1.54) is 16.7 Å². The fraction of sp³-hybridized carbons (Fsp3) is 0.333. The molecule has 21 heavy (non-hydrogen) atoms. The van der Waals surface area contributed by atoms with E-state index in [1.807, 2.05) is 25.5 Å². The van der Waals surface area contributed by atoms with Gasteiger partial charge in [-0.3, -0.25) is 4.98 Å². The van der Waals surface area contributed by atoms with Crippen molar-refractivity contribution in [1.29, 1.82) is 0 Å². The van der Waals surface area contributed by atoms with Gasteiger partial charge in [0.05, 0.1) is 0 Å². The standard InChI is InChI=1S/C18H20N2S/c1-18(2)10-12-6-4-5-7-13(12)16(18)15-11-20-9-8-14(15)17(21)19-3/h4-9,11,16H,10H2,1-3H3,(H,19,21). The van der Waals surface area contributed by atoms with Crippen LogP contribution < -0.4 is 5.32 Å². The molecule has 0 bridgehead atoms. The van der Waals surface area contributed by atoms with Gasteiger partial charge in [-0.05, 0) is 34.6 Å². The molecule has 1 unspecified atom stereocenters. The molecule has 0 fully saturated rings. The molecular weight excluding hydrogens is 276 g/mol. The highest BCUT2D eigenvalue weighted by Crippen LogP contribution is 2.50. The van der Waals surface area contributed by atoms with Crippen molar-refractivity contribution in [2.75, 3.05) is 7.05 Å². The Morgan fingerprint density at radius 2 is 2.00 bits per heavy atom. The predicted octanol–water partition coefficient (Wildman–Crippen LogP) is 3.69. The lowest BCUT2D eigenvalue weighted by Crippen LogP contribution is -2.24. The maximum Gasteiger partial charge on any atom is 0.106 e. The first-order chi connectivity index (χ1) is 10.0. The van der Waals surface area contributed by atoms with Crippen LogP contribution in [0.2, 0.25) is 0 Å². The first-order valence-electron chi connectivity index (χ1n) is 7.28. The van der Waals surface area contributed by atoms with Crippen LogP contribution in [0, 0.1) is 5.41 Å². The molecule has 3 heteroatoms. The summed E-state index contributed by atoms with van der Waals surface area (Å²) in [5.41, 5.74) is 5.35. The topological polar surface area (TPSA) is 24.9 Å². The number of nitrogens with zero attached hydrogens (tertiary/aromatic N) is 1. The van der Waals surface area contributed by atoms with E-state index in [-0.39, 0.29) is 5.41 Å². The summed E-state index contributed by atoms with van der Waals surface area (Å²) in [5.74, 6) is 0.337. The molecule has 0 aliphatic heterocycles. The molecule has 0 saturated heterocycles. The Labute approximate surface area is 131 Å². The Morgan fingerprint density at radius 1 is 1.24 bits per heavy atom. The Kier molecular flexibility index (Phi) is 3.54. The fourth-order valence-corrected chi connectivity index (χ4v) is 3.74. The summed E-state index contributed by atoms with van der Waals surface area (Å²) in [4.78, 5) is 5.14. The van der Waals surface area contributed by atoms with Crippen LogP contribution in [0.25, 0.3) is 0 Å². The number of hydrogen-bond acceptors (Lipinski definition) is 2. The lowest BCUT2D eigenvalue weighted by atomic mass is 9.75. The number of hydrogen-bond donors (Lipinski definition) is 1. The van der Waals surface area contributed by atoms with Gasteiger partial charge in [0.15, 0.2) is 0 Å². The molecule has 2 aromatic rings. The van der Waals surface area contributed by atoms with Crippen LogP contribution in [0.1, 0.15) is 42.0 Å². The van der Waals surface area contributed by atoms with Gasteiger partial charge in [0.1, 0.15) is 4.99 Å². The van der Waals surface area contributed by atoms with Crippen molar-refractivity contribution >= 4 is 17.2 Å². The van der Waals surface area contributed by atoms with E-state index in [0.29, 0.717) is 5.92 Å². The summed E-state index contributed by atoms with van der Waals surface area (Å²) < 4.78 is 0. The number of rotatable bonds is 2. The van der Waals surface area contributed by atoms with Crippen molar-refractivity contribution in [2.45, 2.75) is 26.2 Å². The Balaban J connectivity index is 2.18. The van der Waals surface area contributed by atoms with Crippen molar-refractivity contribution in [3.63, 3.8) is 0 Å². The summed E-state index contributed by atoms with van der Waals surface area (Å²) >= 11 is 5.48. The predicted molar refractivity (Wildman–Crippen MR) is 90.8 cm³/mol. The minimum Gasteiger partial charge on any atom is -0.379 e. The number of aromatic nitrogens is 1. The van der Waals surface area contributed by atoms with E-state index in [4.69, 9.17) is 12.2 Å². The Morgan fingerprint density at radius 3 is 2.76 bits per heavy atom. The molecule has 1 aromatic heterocycles. The third-order valence-corrected chi connectivity index (χ3v) is 4.85. The first kappa shape index (κ1) is 14.2. The average Bonchev–Trinajstić information content (AvgIpc) is 2.76. The van der Waals surface area contributed by atoms with Gasteiger partial charge < -0.3 is 5.32 Å². The Bertz CT molecular complexity index is 691. The Hall–Kier alpha value is -1.74. The molecule has 3 rings (SSSR count). The SMILES string of the molecule is CNC(=S)c1ccncc1C1c2ccccc2CC1(C)C. The first-order valence-corrected chi connectivity index (χ1v) is 7.69. The monoisotopic (exact) mass is 296 g/mol. The second-order valence-electron chi connectivity index (χ2n) is 6.34. The number of pyridine rings is 1. The van der Waals surface area contributed by atoms with Crippen LogP contribution in [-0.2, 0) is 6.42 Å². The maximum absolute atomic E-state index is 5.48. The van der Waals surface area contributed by atoms with Crippen LogP contribution in [-0.4, -0.2) is 17.0 Å². The highest BCUT2D eigenvalue weighted by atomic mass is 32.1. The summed E-state index contributed by atoms with van der Waals surface area (Å²) in [7, 11) is 1.88. The molecule has 1 aliphatic carbocycles. The molecule has 0 radical (unpaired) electrons. The molecule has 1 aromatic carbocycles. The van der Waals surface area contributed by atoms with Crippen LogP contribution in [0.5, 0.6) is 0 Å². The molecule has 2 nitrogen and oxygen atoms in total. The van der Waals surface area contributed by atoms with Crippen molar-refractivity contribution in [1.82, 2.24) is 10.3 Å². The zero-order valence-electron chi connectivity index (χ0n) is 12.7. The van der Waals surface area contributed by atoms with Gasteiger partial charge in [0.25, 0.3) is 0 Å². The molecule has 1 aliphatic rings. The molecule has 0 saturated carbocycles. The zero-order valence-corrected chi connectivity index (χ0v) is 13.5. The second kappa shape index (κ2) is 5.23. The van der Waals surface area contributed by atoms with Crippen molar-refractivity contribution in [2.24, 2.45) is 5.41 Å². The number of nitrogens with one attached hydrogen (secondary N) is 1. The molecule has 108 valence electrons. The summed E-state index contributed by atoms with van der Waals surface area (Å²) in [5, 5.41) is 3.10. The smallest absolute Gasteiger partial charge is 0.106 e. The highest BCUT2D eigenvalue weighted by molar-refractivity contribution is 7.80. The van der Waals surface area contributed by atoms with E-state index in [0.717, 1.165) is 17.0 Å². The van der Waals surface area contributed by atoms with Gasteiger partial charge in [0.2, 0.25) is 0 Å². The van der Waals surface area contributed by atoms with Crippen molar-refractivity contribution in [3.8, 4) is 0 Å². The van der Waals surface area contributed by atoms with Crippen LogP contribution >= 0.6 is 12.2 Å². The second-order valence-corrected chi connectivity index (χ2v) is 6.75. The molecule has 1 atom stereocenters. The fourth-order valence-electron chi connectivity index (χ4n) is 3.56. The molecule has 1 heterocycles. The van der Waals surface area contributed by atoms with E-state index in [2.05, 4.69) is 48.4 Å². The lowest BCUT2D eigenvalue weighted by Gasteiger charge is -2.29. The van der Waals surface area contributed by atoms with Gasteiger partial charge in [-0.25, -0.2) is 0 Å². The van der Waals surface area contributed by atoms with Crippen molar-refractivity contribution in [3.05, 3.63) is 65.0 Å². The van der Waals surface area contributed by atoms with Gasteiger partial charge in [-0.1, -0.05) is 50.3 Å². The molecule has 1 N–H and O–H groups in total. The van der Waals surface area contributed by atoms with Gasteiger partial charge in [-0.2, -0.15) is 0 Å². The number of fused-ring (bicyclic) bond motifs is 1. The molecular formula is C18H20N2S. The maximum atomic E-state index is 5.48. The largest absolute Gasteiger partial charge is 0.379 e. The quantitative estimate of drug-likeness (QED) is 0.856. The van der Waals surface area contributed by atoms with Gasteiger partial charge >= 0.3 is 0 Å². The van der Waals surface area contributed by atoms with Gasteiger partial charge in [-0.15, -0.1) is 0 Å². The van der Waals surface area contributed by atoms with E-state index in [9.17, 15) is 0 Å². The third kappa shape index (κ3) is 2.36. The summed E-state index contributed by atoms with van der Waals surface area (Å²) in [6.07, 6.45) is 4.89. The minimum absolute atomic E-state index is 0.171. The van der Waals surface area contributed by atoms with Crippen LogP contribution in [0.4, 0.5) is 0 Å².